The minimum absolute atomic E-state index is 0.0805. The van der Waals surface area contributed by atoms with Gasteiger partial charge in [0, 0.05) is 6.54 Å². The SMILES string of the molecule is CC(C)(C#N)c1nc(C(=O)NCc2ccc(F)cc2)no1. The predicted octanol–water partition coefficient (Wildman–Crippen LogP) is 1.94. The van der Waals surface area contributed by atoms with E-state index < -0.39 is 11.3 Å². The fourth-order valence-corrected chi connectivity index (χ4v) is 1.48. The summed E-state index contributed by atoms with van der Waals surface area (Å²) >= 11 is 0. The molecule has 0 saturated heterocycles. The molecule has 0 atom stereocenters. The molecule has 1 N–H and O–H groups in total. The highest BCUT2D eigenvalue weighted by Crippen LogP contribution is 2.19. The molecule has 1 heterocycles. The maximum Gasteiger partial charge on any atom is 0.292 e. The third-order valence-electron chi connectivity index (χ3n) is 2.81. The van der Waals surface area contributed by atoms with Crippen LogP contribution in [0, 0.1) is 17.1 Å². The zero-order valence-corrected chi connectivity index (χ0v) is 11.6. The van der Waals surface area contributed by atoms with Gasteiger partial charge in [-0.1, -0.05) is 17.3 Å². The zero-order valence-electron chi connectivity index (χ0n) is 11.6. The molecule has 108 valence electrons. The van der Waals surface area contributed by atoms with Crippen LogP contribution in [0.2, 0.25) is 0 Å². The number of halogens is 1. The van der Waals surface area contributed by atoms with E-state index in [2.05, 4.69) is 15.5 Å². The smallest absolute Gasteiger partial charge is 0.292 e. The molecule has 0 saturated carbocycles. The molecule has 2 aromatic rings. The highest BCUT2D eigenvalue weighted by Gasteiger charge is 2.28. The van der Waals surface area contributed by atoms with Gasteiger partial charge in [0.1, 0.15) is 11.2 Å². The molecule has 0 fully saturated rings. The molecule has 1 amide bonds. The normalized spacial score (nSPS) is 11.0. The van der Waals surface area contributed by atoms with E-state index in [-0.39, 0.29) is 24.1 Å². The highest BCUT2D eigenvalue weighted by atomic mass is 19.1. The highest BCUT2D eigenvalue weighted by molar-refractivity contribution is 5.90. The van der Waals surface area contributed by atoms with Crippen molar-refractivity contribution in [2.75, 3.05) is 0 Å². The van der Waals surface area contributed by atoms with E-state index in [9.17, 15) is 9.18 Å². The van der Waals surface area contributed by atoms with Gasteiger partial charge < -0.3 is 9.84 Å². The van der Waals surface area contributed by atoms with Crippen molar-refractivity contribution >= 4 is 5.91 Å². The van der Waals surface area contributed by atoms with Gasteiger partial charge in [0.25, 0.3) is 11.7 Å². The quantitative estimate of drug-likeness (QED) is 0.928. The van der Waals surface area contributed by atoms with Crippen molar-refractivity contribution in [3.05, 3.63) is 47.4 Å². The molecule has 7 heteroatoms. The number of rotatable bonds is 4. The van der Waals surface area contributed by atoms with Crippen LogP contribution in [0.4, 0.5) is 4.39 Å². The Hall–Kier alpha value is -2.75. The van der Waals surface area contributed by atoms with Gasteiger partial charge in [-0.05, 0) is 31.5 Å². The van der Waals surface area contributed by atoms with Crippen LogP contribution in [-0.4, -0.2) is 16.0 Å². The van der Waals surface area contributed by atoms with Gasteiger partial charge >= 0.3 is 0 Å². The van der Waals surface area contributed by atoms with Gasteiger partial charge in [-0.2, -0.15) is 10.2 Å². The van der Waals surface area contributed by atoms with Gasteiger partial charge in [0.05, 0.1) is 6.07 Å². The minimum atomic E-state index is -0.956. The largest absolute Gasteiger partial charge is 0.345 e. The lowest BCUT2D eigenvalue weighted by Gasteiger charge is -2.06. The number of benzene rings is 1. The van der Waals surface area contributed by atoms with Crippen LogP contribution in [0.3, 0.4) is 0 Å². The van der Waals surface area contributed by atoms with Crippen molar-refractivity contribution in [2.45, 2.75) is 25.8 Å². The number of amides is 1. The van der Waals surface area contributed by atoms with Crippen molar-refractivity contribution in [1.29, 1.82) is 5.26 Å². The van der Waals surface area contributed by atoms with Crippen LogP contribution in [-0.2, 0) is 12.0 Å². The molecule has 21 heavy (non-hydrogen) atoms. The van der Waals surface area contributed by atoms with Crippen LogP contribution >= 0.6 is 0 Å². The summed E-state index contributed by atoms with van der Waals surface area (Å²) in [5, 5.41) is 15.1. The molecule has 1 aromatic heterocycles. The second-order valence-corrected chi connectivity index (χ2v) is 4.97. The second-order valence-electron chi connectivity index (χ2n) is 4.97. The number of hydrogen-bond donors (Lipinski definition) is 1. The average Bonchev–Trinajstić information content (AvgIpc) is 2.97. The number of aromatic nitrogens is 2. The molecule has 2 rings (SSSR count). The van der Waals surface area contributed by atoms with Gasteiger partial charge in [0.15, 0.2) is 0 Å². The monoisotopic (exact) mass is 288 g/mol. The Balaban J connectivity index is 2.01. The van der Waals surface area contributed by atoms with Crippen LogP contribution < -0.4 is 5.32 Å². The third kappa shape index (κ3) is 3.42. The first-order valence-corrected chi connectivity index (χ1v) is 6.20. The molecule has 0 spiro atoms. The lowest BCUT2D eigenvalue weighted by atomic mass is 9.96. The summed E-state index contributed by atoms with van der Waals surface area (Å²) in [6, 6.07) is 7.76. The first-order valence-electron chi connectivity index (χ1n) is 6.20. The van der Waals surface area contributed by atoms with Crippen molar-refractivity contribution in [1.82, 2.24) is 15.5 Å². The van der Waals surface area contributed by atoms with Crippen LogP contribution in [0.25, 0.3) is 0 Å². The number of carbonyl (C=O) groups is 1. The number of hydrogen-bond acceptors (Lipinski definition) is 5. The van der Waals surface area contributed by atoms with Crippen molar-refractivity contribution in [2.24, 2.45) is 0 Å². The fraction of sp³-hybridized carbons (Fsp3) is 0.286. The van der Waals surface area contributed by atoms with Gasteiger partial charge in [-0.15, -0.1) is 0 Å². The predicted molar refractivity (Wildman–Crippen MR) is 70.5 cm³/mol. The lowest BCUT2D eigenvalue weighted by molar-refractivity contribution is 0.0937. The van der Waals surface area contributed by atoms with Crippen LogP contribution in [0.15, 0.2) is 28.8 Å². The molecule has 0 unspecified atom stereocenters. The van der Waals surface area contributed by atoms with Gasteiger partial charge in [0.2, 0.25) is 5.89 Å². The average molecular weight is 288 g/mol. The van der Waals surface area contributed by atoms with E-state index in [0.29, 0.717) is 0 Å². The van der Waals surface area contributed by atoms with E-state index >= 15 is 0 Å². The summed E-state index contributed by atoms with van der Waals surface area (Å²) in [4.78, 5) is 15.8. The summed E-state index contributed by atoms with van der Waals surface area (Å²) in [5.74, 6) is -0.929. The van der Waals surface area contributed by atoms with Gasteiger partial charge in [-0.25, -0.2) is 4.39 Å². The molecule has 0 bridgehead atoms. The number of nitrogens with zero attached hydrogens (tertiary/aromatic N) is 3. The second kappa shape index (κ2) is 5.71. The fourth-order valence-electron chi connectivity index (χ4n) is 1.48. The molecule has 0 radical (unpaired) electrons. The molecular formula is C14H13FN4O2. The zero-order chi connectivity index (χ0) is 15.5. The first kappa shape index (κ1) is 14.7. The lowest BCUT2D eigenvalue weighted by Crippen LogP contribution is -2.24. The number of nitriles is 1. The summed E-state index contributed by atoms with van der Waals surface area (Å²) in [7, 11) is 0. The standard InChI is InChI=1S/C14H13FN4O2/c1-14(2,8-16)13-18-11(19-21-13)12(20)17-7-9-3-5-10(15)6-4-9/h3-6H,7H2,1-2H3,(H,17,20). The topological polar surface area (TPSA) is 91.8 Å². The number of nitrogens with one attached hydrogen (secondary N) is 1. The molecule has 0 aliphatic carbocycles. The van der Waals surface area contributed by atoms with E-state index in [0.717, 1.165) is 5.56 Å². The van der Waals surface area contributed by atoms with E-state index in [4.69, 9.17) is 9.78 Å². The Morgan fingerprint density at radius 1 is 1.43 bits per heavy atom. The molecule has 1 aromatic carbocycles. The number of carbonyl (C=O) groups excluding carboxylic acids is 1. The Morgan fingerprint density at radius 3 is 2.71 bits per heavy atom. The summed E-state index contributed by atoms with van der Waals surface area (Å²) in [5.41, 5.74) is -0.214. The Kier molecular flexibility index (Phi) is 3.98. The Morgan fingerprint density at radius 2 is 2.10 bits per heavy atom. The van der Waals surface area contributed by atoms with E-state index in [1.807, 2.05) is 6.07 Å². The van der Waals surface area contributed by atoms with E-state index in [1.165, 1.54) is 12.1 Å². The van der Waals surface area contributed by atoms with Crippen molar-refractivity contribution < 1.29 is 13.7 Å². The maximum absolute atomic E-state index is 12.8. The van der Waals surface area contributed by atoms with Crippen LogP contribution in [0.5, 0.6) is 0 Å². The van der Waals surface area contributed by atoms with E-state index in [1.54, 1.807) is 26.0 Å². The first-order chi connectivity index (χ1) is 9.92. The maximum atomic E-state index is 12.8. The molecule has 0 aliphatic rings. The van der Waals surface area contributed by atoms with Crippen molar-refractivity contribution in [3.8, 4) is 6.07 Å². The summed E-state index contributed by atoms with van der Waals surface area (Å²) in [6.07, 6.45) is 0. The third-order valence-corrected chi connectivity index (χ3v) is 2.81. The Bertz CT molecular complexity index is 686. The summed E-state index contributed by atoms with van der Waals surface area (Å²) in [6.45, 7) is 3.44. The summed E-state index contributed by atoms with van der Waals surface area (Å²) < 4.78 is 17.7. The minimum Gasteiger partial charge on any atom is -0.345 e. The van der Waals surface area contributed by atoms with Gasteiger partial charge in [-0.3, -0.25) is 4.79 Å². The van der Waals surface area contributed by atoms with Crippen LogP contribution in [0.1, 0.15) is 35.9 Å². The van der Waals surface area contributed by atoms with Crippen molar-refractivity contribution in [3.63, 3.8) is 0 Å². The molecule has 0 aliphatic heterocycles. The molecule has 6 nitrogen and oxygen atoms in total. The molecular weight excluding hydrogens is 275 g/mol. The Labute approximate surface area is 120 Å².